The first-order chi connectivity index (χ1) is 11.9. The number of aromatic nitrogens is 1. The van der Waals surface area contributed by atoms with E-state index >= 15 is 0 Å². The smallest absolute Gasteiger partial charge is 0.193 e. The maximum absolute atomic E-state index is 4.47. The Morgan fingerprint density at radius 1 is 1.46 bits per heavy atom. The lowest BCUT2D eigenvalue weighted by atomic mass is 9.97. The van der Waals surface area contributed by atoms with Crippen LogP contribution in [0.1, 0.15) is 32.4 Å². The molecule has 1 aromatic heterocycles. The minimum atomic E-state index is 0. The molecule has 0 aromatic carbocycles. The van der Waals surface area contributed by atoms with Gasteiger partial charge in [0, 0.05) is 57.1 Å². The topological polar surface area (TPSA) is 35.8 Å². The molecule has 1 saturated heterocycles. The van der Waals surface area contributed by atoms with Crippen molar-refractivity contribution in [2.75, 3.05) is 40.3 Å². The first-order valence-electron chi connectivity index (χ1n) is 9.34. The van der Waals surface area contributed by atoms with Crippen LogP contribution in [0.25, 0.3) is 0 Å². The number of hydrogen-bond donors (Lipinski definition) is 1. The van der Waals surface area contributed by atoms with Crippen molar-refractivity contribution in [2.24, 2.45) is 23.9 Å². The number of aryl methyl sites for hydroxylation is 1. The molecule has 0 radical (unpaired) electrons. The molecular formula is C19H35BrIN5. The zero-order chi connectivity index (χ0) is 18.4. The fourth-order valence-corrected chi connectivity index (χ4v) is 4.23. The third kappa shape index (κ3) is 7.38. The first-order valence-corrected chi connectivity index (χ1v) is 10.1. The van der Waals surface area contributed by atoms with Gasteiger partial charge in [0.1, 0.15) is 0 Å². The van der Waals surface area contributed by atoms with Gasteiger partial charge in [0.15, 0.2) is 5.96 Å². The van der Waals surface area contributed by atoms with E-state index in [1.165, 1.54) is 38.2 Å². The van der Waals surface area contributed by atoms with Gasteiger partial charge in [-0.25, -0.2) is 0 Å². The number of halogens is 2. The molecule has 0 spiro atoms. The van der Waals surface area contributed by atoms with Crippen LogP contribution in [0.4, 0.5) is 0 Å². The molecular weight excluding hydrogens is 505 g/mol. The minimum Gasteiger partial charge on any atom is -0.356 e. The van der Waals surface area contributed by atoms with Crippen LogP contribution in [-0.4, -0.2) is 60.6 Å². The van der Waals surface area contributed by atoms with Gasteiger partial charge in [-0.05, 0) is 53.2 Å². The van der Waals surface area contributed by atoms with Crippen LogP contribution in [0.15, 0.2) is 21.7 Å². The Kier molecular flexibility index (Phi) is 10.5. The molecule has 1 aromatic rings. The number of aliphatic imine (C=N–C) groups is 1. The van der Waals surface area contributed by atoms with Crippen LogP contribution in [0.3, 0.4) is 0 Å². The van der Waals surface area contributed by atoms with E-state index < -0.39 is 0 Å². The van der Waals surface area contributed by atoms with E-state index in [4.69, 9.17) is 0 Å². The highest BCUT2D eigenvalue weighted by molar-refractivity contribution is 14.0. The maximum Gasteiger partial charge on any atom is 0.193 e. The highest BCUT2D eigenvalue weighted by Gasteiger charge is 2.21. The Balaban J connectivity index is 0.00000338. The Hall–Kier alpha value is -0.280. The number of rotatable bonds is 6. The third-order valence-corrected chi connectivity index (χ3v) is 5.26. The second-order valence-corrected chi connectivity index (χ2v) is 8.62. The van der Waals surface area contributed by atoms with Crippen LogP contribution in [0.2, 0.25) is 0 Å². The van der Waals surface area contributed by atoms with Crippen molar-refractivity contribution in [3.63, 3.8) is 0 Å². The summed E-state index contributed by atoms with van der Waals surface area (Å²) in [7, 11) is 6.04. The third-order valence-electron chi connectivity index (χ3n) is 4.82. The average molecular weight is 540 g/mol. The first kappa shape index (κ1) is 23.8. The quantitative estimate of drug-likeness (QED) is 0.339. The molecule has 26 heavy (non-hydrogen) atoms. The van der Waals surface area contributed by atoms with Crippen LogP contribution in [0.5, 0.6) is 0 Å². The largest absolute Gasteiger partial charge is 0.356 e. The molecule has 150 valence electrons. The van der Waals surface area contributed by atoms with Gasteiger partial charge in [0.25, 0.3) is 0 Å². The van der Waals surface area contributed by atoms with Crippen molar-refractivity contribution < 1.29 is 0 Å². The van der Waals surface area contributed by atoms with E-state index in [1.807, 2.05) is 7.05 Å². The van der Waals surface area contributed by atoms with Crippen LogP contribution >= 0.6 is 39.9 Å². The lowest BCUT2D eigenvalue weighted by Crippen LogP contribution is -2.45. The monoisotopic (exact) mass is 539 g/mol. The Bertz CT molecular complexity index is 572. The summed E-state index contributed by atoms with van der Waals surface area (Å²) in [5, 5.41) is 3.59. The molecule has 0 aliphatic carbocycles. The van der Waals surface area contributed by atoms with Gasteiger partial charge in [0.2, 0.25) is 0 Å². The molecule has 2 rings (SSSR count). The number of guanidine groups is 1. The highest BCUT2D eigenvalue weighted by atomic mass is 127. The molecule has 5 nitrogen and oxygen atoms in total. The Morgan fingerprint density at radius 3 is 2.77 bits per heavy atom. The molecule has 1 atom stereocenters. The standard InChI is InChI=1S/C19H34BrN5.HI/c1-15(2)11-25-8-6-7-16(12-25)10-22-19(21-3)24(5)14-18-9-17(20)13-23(18)4;/h9,13,15-16H,6-8,10-12,14H2,1-5H3,(H,21,22);1H. The molecule has 7 heteroatoms. The Morgan fingerprint density at radius 2 is 2.19 bits per heavy atom. The zero-order valence-corrected chi connectivity index (χ0v) is 20.8. The molecule has 0 saturated carbocycles. The molecule has 1 aliphatic heterocycles. The van der Waals surface area contributed by atoms with E-state index in [0.717, 1.165) is 29.4 Å². The van der Waals surface area contributed by atoms with Crippen LogP contribution in [0, 0.1) is 11.8 Å². The summed E-state index contributed by atoms with van der Waals surface area (Å²) in [6, 6.07) is 2.16. The van der Waals surface area contributed by atoms with E-state index in [2.05, 4.69) is 80.8 Å². The number of nitrogens with zero attached hydrogens (tertiary/aromatic N) is 4. The number of nitrogens with one attached hydrogen (secondary N) is 1. The second kappa shape index (κ2) is 11.5. The van der Waals surface area contributed by atoms with Crippen molar-refractivity contribution in [2.45, 2.75) is 33.2 Å². The molecule has 0 amide bonds. The summed E-state index contributed by atoms with van der Waals surface area (Å²) in [5.74, 6) is 2.43. The van der Waals surface area contributed by atoms with Gasteiger partial charge >= 0.3 is 0 Å². The molecule has 1 aliphatic rings. The fraction of sp³-hybridized carbons (Fsp3) is 0.737. The maximum atomic E-state index is 4.47. The van der Waals surface area contributed by atoms with Gasteiger partial charge in [0.05, 0.1) is 6.54 Å². The number of piperidine rings is 1. The van der Waals surface area contributed by atoms with E-state index in [9.17, 15) is 0 Å². The summed E-state index contributed by atoms with van der Waals surface area (Å²) < 4.78 is 3.27. The molecule has 1 fully saturated rings. The summed E-state index contributed by atoms with van der Waals surface area (Å²) in [5.41, 5.74) is 1.26. The summed E-state index contributed by atoms with van der Waals surface area (Å²) in [4.78, 5) is 9.28. The zero-order valence-electron chi connectivity index (χ0n) is 16.8. The molecule has 1 unspecified atom stereocenters. The molecule has 0 bridgehead atoms. The van der Waals surface area contributed by atoms with Gasteiger partial charge in [-0.2, -0.15) is 0 Å². The van der Waals surface area contributed by atoms with Crippen molar-refractivity contribution in [1.29, 1.82) is 0 Å². The SMILES string of the molecule is CN=C(NCC1CCCN(CC(C)C)C1)N(C)Cc1cc(Br)cn1C.I. The van der Waals surface area contributed by atoms with Crippen molar-refractivity contribution in [3.8, 4) is 0 Å². The van der Waals surface area contributed by atoms with Crippen molar-refractivity contribution in [1.82, 2.24) is 19.7 Å². The van der Waals surface area contributed by atoms with E-state index in [0.29, 0.717) is 5.92 Å². The van der Waals surface area contributed by atoms with Gasteiger partial charge in [-0.1, -0.05) is 13.8 Å². The average Bonchev–Trinajstić information content (AvgIpc) is 2.85. The summed E-state index contributed by atoms with van der Waals surface area (Å²) >= 11 is 3.54. The minimum absolute atomic E-state index is 0. The molecule has 2 heterocycles. The predicted molar refractivity (Wildman–Crippen MR) is 125 cm³/mol. The summed E-state index contributed by atoms with van der Waals surface area (Å²) in [6.45, 7) is 10.1. The van der Waals surface area contributed by atoms with E-state index in [1.54, 1.807) is 0 Å². The number of hydrogen-bond acceptors (Lipinski definition) is 2. The number of likely N-dealkylation sites (tertiary alicyclic amines) is 1. The normalized spacial score (nSPS) is 18.7. The highest BCUT2D eigenvalue weighted by Crippen LogP contribution is 2.17. The van der Waals surface area contributed by atoms with E-state index in [-0.39, 0.29) is 24.0 Å². The second-order valence-electron chi connectivity index (χ2n) is 7.71. The van der Waals surface area contributed by atoms with Crippen LogP contribution < -0.4 is 5.32 Å². The lowest BCUT2D eigenvalue weighted by Gasteiger charge is -2.34. The summed E-state index contributed by atoms with van der Waals surface area (Å²) in [6.07, 6.45) is 4.71. The Labute approximate surface area is 184 Å². The lowest BCUT2D eigenvalue weighted by molar-refractivity contribution is 0.159. The van der Waals surface area contributed by atoms with Crippen molar-refractivity contribution >= 4 is 45.9 Å². The van der Waals surface area contributed by atoms with Gasteiger partial charge in [-0.15, -0.1) is 24.0 Å². The molecule has 1 N–H and O–H groups in total. The van der Waals surface area contributed by atoms with Crippen LogP contribution in [-0.2, 0) is 13.6 Å². The van der Waals surface area contributed by atoms with Crippen molar-refractivity contribution in [3.05, 3.63) is 22.4 Å². The van der Waals surface area contributed by atoms with Gasteiger partial charge < -0.3 is 19.7 Å². The fourth-order valence-electron chi connectivity index (χ4n) is 3.66. The predicted octanol–water partition coefficient (Wildman–Crippen LogP) is 3.78. The van der Waals surface area contributed by atoms with Gasteiger partial charge in [-0.3, -0.25) is 4.99 Å².